The highest BCUT2D eigenvalue weighted by atomic mass is 32.1. The first-order chi connectivity index (χ1) is 14.4. The van der Waals surface area contributed by atoms with Crippen LogP contribution in [0.3, 0.4) is 0 Å². The summed E-state index contributed by atoms with van der Waals surface area (Å²) in [5, 5.41) is 4.18. The molecule has 3 heterocycles. The maximum absolute atomic E-state index is 11.4. The van der Waals surface area contributed by atoms with Crippen LogP contribution in [0.5, 0.6) is 5.75 Å². The van der Waals surface area contributed by atoms with Gasteiger partial charge in [0, 0.05) is 37.3 Å². The number of Topliss-reactive ketones (excluding diaryl/α,β-unsaturated/α-hetero) is 1. The maximum Gasteiger partial charge on any atom is 0.135 e. The van der Waals surface area contributed by atoms with E-state index in [-0.39, 0.29) is 11.7 Å². The molecule has 0 aromatic carbocycles. The SMILES string of the molecule is CC(=O)CC(C)c1ncc(-c2cccc(Nc3cc(OCCN(C)C)ccn3)n2)s1. The van der Waals surface area contributed by atoms with E-state index in [1.54, 1.807) is 24.5 Å². The van der Waals surface area contributed by atoms with E-state index in [0.29, 0.717) is 24.7 Å². The zero-order valence-corrected chi connectivity index (χ0v) is 18.6. The van der Waals surface area contributed by atoms with Crippen molar-refractivity contribution in [2.24, 2.45) is 0 Å². The number of aromatic nitrogens is 3. The standard InChI is InChI=1S/C22H27N5O2S/c1-15(12-16(2)28)22-24-14-19(30-22)18-6-5-7-20(25-18)26-21-13-17(8-9-23-21)29-11-10-27(3)4/h5-9,13-15H,10-12H2,1-4H3,(H,23,25,26). The Bertz CT molecular complexity index is 989. The van der Waals surface area contributed by atoms with Crippen molar-refractivity contribution in [3.63, 3.8) is 0 Å². The molecular weight excluding hydrogens is 398 g/mol. The number of rotatable bonds is 10. The predicted octanol–water partition coefficient (Wildman–Crippen LogP) is 4.37. The number of anilines is 2. The van der Waals surface area contributed by atoms with Crippen LogP contribution in [0.15, 0.2) is 42.7 Å². The summed E-state index contributed by atoms with van der Waals surface area (Å²) in [4.78, 5) is 27.9. The second kappa shape index (κ2) is 10.3. The molecule has 0 spiro atoms. The fraction of sp³-hybridized carbons (Fsp3) is 0.364. The maximum atomic E-state index is 11.4. The van der Waals surface area contributed by atoms with Crippen LogP contribution in [0.25, 0.3) is 10.6 Å². The van der Waals surface area contributed by atoms with Gasteiger partial charge in [0.15, 0.2) is 0 Å². The molecule has 0 bridgehead atoms. The second-order valence-electron chi connectivity index (χ2n) is 7.43. The molecule has 1 N–H and O–H groups in total. The lowest BCUT2D eigenvalue weighted by Crippen LogP contribution is -2.19. The first-order valence-corrected chi connectivity index (χ1v) is 10.7. The van der Waals surface area contributed by atoms with Crippen molar-refractivity contribution in [3.8, 4) is 16.3 Å². The van der Waals surface area contributed by atoms with Crippen LogP contribution in [-0.2, 0) is 4.79 Å². The van der Waals surface area contributed by atoms with Gasteiger partial charge in [-0.1, -0.05) is 13.0 Å². The Morgan fingerprint density at radius 2 is 2.07 bits per heavy atom. The third-order valence-corrected chi connectivity index (χ3v) is 5.59. The molecule has 1 atom stereocenters. The first-order valence-electron chi connectivity index (χ1n) is 9.84. The van der Waals surface area contributed by atoms with E-state index in [4.69, 9.17) is 9.72 Å². The molecule has 0 saturated heterocycles. The molecule has 30 heavy (non-hydrogen) atoms. The molecule has 158 valence electrons. The van der Waals surface area contributed by atoms with Gasteiger partial charge >= 0.3 is 0 Å². The Morgan fingerprint density at radius 3 is 2.83 bits per heavy atom. The van der Waals surface area contributed by atoms with E-state index in [1.807, 2.05) is 57.5 Å². The van der Waals surface area contributed by atoms with Gasteiger partial charge in [-0.05, 0) is 39.2 Å². The molecule has 7 nitrogen and oxygen atoms in total. The monoisotopic (exact) mass is 425 g/mol. The number of likely N-dealkylation sites (N-methyl/N-ethyl adjacent to an activating group) is 1. The van der Waals surface area contributed by atoms with E-state index in [2.05, 4.69) is 20.2 Å². The normalized spacial score (nSPS) is 12.0. The Morgan fingerprint density at radius 1 is 1.23 bits per heavy atom. The third-order valence-electron chi connectivity index (χ3n) is 4.34. The molecule has 3 rings (SSSR count). The number of nitrogens with one attached hydrogen (secondary N) is 1. The molecule has 3 aromatic rings. The number of ether oxygens (including phenoxy) is 1. The molecule has 3 aromatic heterocycles. The van der Waals surface area contributed by atoms with Crippen LogP contribution >= 0.6 is 11.3 Å². The molecule has 0 aliphatic carbocycles. The van der Waals surface area contributed by atoms with Gasteiger partial charge in [-0.25, -0.2) is 15.0 Å². The summed E-state index contributed by atoms with van der Waals surface area (Å²) in [5.74, 6) is 2.40. The van der Waals surface area contributed by atoms with Crippen molar-refractivity contribution < 1.29 is 9.53 Å². The van der Waals surface area contributed by atoms with Gasteiger partial charge in [-0.3, -0.25) is 0 Å². The van der Waals surface area contributed by atoms with Crippen molar-refractivity contribution in [1.82, 2.24) is 19.9 Å². The second-order valence-corrected chi connectivity index (χ2v) is 8.49. The van der Waals surface area contributed by atoms with E-state index >= 15 is 0 Å². The van der Waals surface area contributed by atoms with Crippen molar-refractivity contribution >= 4 is 28.8 Å². The van der Waals surface area contributed by atoms with Gasteiger partial charge in [0.25, 0.3) is 0 Å². The van der Waals surface area contributed by atoms with Crippen molar-refractivity contribution in [2.75, 3.05) is 32.6 Å². The number of nitrogens with zero attached hydrogens (tertiary/aromatic N) is 4. The van der Waals surface area contributed by atoms with Crippen LogP contribution in [0.2, 0.25) is 0 Å². The van der Waals surface area contributed by atoms with Crippen molar-refractivity contribution in [3.05, 3.63) is 47.7 Å². The number of carbonyl (C=O) groups is 1. The minimum Gasteiger partial charge on any atom is -0.492 e. The van der Waals surface area contributed by atoms with E-state index in [1.165, 1.54) is 0 Å². The largest absolute Gasteiger partial charge is 0.492 e. The highest BCUT2D eigenvalue weighted by molar-refractivity contribution is 7.15. The molecular formula is C22H27N5O2S. The molecule has 1 unspecified atom stereocenters. The van der Waals surface area contributed by atoms with Gasteiger partial charge < -0.3 is 19.7 Å². The third kappa shape index (κ3) is 6.33. The van der Waals surface area contributed by atoms with Crippen molar-refractivity contribution in [2.45, 2.75) is 26.2 Å². The fourth-order valence-corrected chi connectivity index (χ4v) is 3.78. The average molecular weight is 426 g/mol. The molecule has 0 fully saturated rings. The van der Waals surface area contributed by atoms with Gasteiger partial charge in [0.1, 0.15) is 29.8 Å². The summed E-state index contributed by atoms with van der Waals surface area (Å²) in [6, 6.07) is 9.49. The van der Waals surface area contributed by atoms with Crippen LogP contribution in [0.4, 0.5) is 11.6 Å². The number of thiazole rings is 1. The summed E-state index contributed by atoms with van der Waals surface area (Å²) < 4.78 is 5.77. The quantitative estimate of drug-likeness (QED) is 0.517. The molecule has 8 heteroatoms. The molecule has 0 radical (unpaired) electrons. The smallest absolute Gasteiger partial charge is 0.135 e. The van der Waals surface area contributed by atoms with Crippen LogP contribution in [0, 0.1) is 0 Å². The Kier molecular flexibility index (Phi) is 7.48. The number of ketones is 1. The van der Waals surface area contributed by atoms with E-state index in [9.17, 15) is 4.79 Å². The molecule has 0 aliphatic heterocycles. The summed E-state index contributed by atoms with van der Waals surface area (Å²) in [5.41, 5.74) is 0.831. The number of hydrogen-bond donors (Lipinski definition) is 1. The molecule has 0 aliphatic rings. The minimum absolute atomic E-state index is 0.113. The Hall–Kier alpha value is -2.84. The summed E-state index contributed by atoms with van der Waals surface area (Å²) in [6.45, 7) is 5.09. The summed E-state index contributed by atoms with van der Waals surface area (Å²) in [7, 11) is 4.02. The zero-order chi connectivity index (χ0) is 21.5. The zero-order valence-electron chi connectivity index (χ0n) is 17.8. The van der Waals surface area contributed by atoms with Crippen molar-refractivity contribution in [1.29, 1.82) is 0 Å². The predicted molar refractivity (Wildman–Crippen MR) is 121 cm³/mol. The Labute approximate surface area is 181 Å². The highest BCUT2D eigenvalue weighted by Gasteiger charge is 2.14. The Balaban J connectivity index is 1.69. The lowest BCUT2D eigenvalue weighted by Gasteiger charge is -2.12. The van der Waals surface area contributed by atoms with Gasteiger partial charge in [-0.15, -0.1) is 11.3 Å². The van der Waals surface area contributed by atoms with Crippen LogP contribution in [-0.4, -0.2) is 52.9 Å². The van der Waals surface area contributed by atoms with E-state index < -0.39 is 0 Å². The average Bonchev–Trinajstić information content (AvgIpc) is 3.18. The van der Waals surface area contributed by atoms with Gasteiger partial charge in [0.05, 0.1) is 15.6 Å². The first kappa shape index (κ1) is 21.9. The minimum atomic E-state index is 0.113. The summed E-state index contributed by atoms with van der Waals surface area (Å²) >= 11 is 1.57. The van der Waals surface area contributed by atoms with Gasteiger partial charge in [-0.2, -0.15) is 0 Å². The van der Waals surface area contributed by atoms with Gasteiger partial charge in [0.2, 0.25) is 0 Å². The van der Waals surface area contributed by atoms with Crippen LogP contribution in [0.1, 0.15) is 31.2 Å². The number of hydrogen-bond acceptors (Lipinski definition) is 8. The summed E-state index contributed by atoms with van der Waals surface area (Å²) in [6.07, 6.45) is 4.03. The van der Waals surface area contributed by atoms with E-state index in [0.717, 1.165) is 27.9 Å². The number of carbonyl (C=O) groups excluding carboxylic acids is 1. The lowest BCUT2D eigenvalue weighted by molar-refractivity contribution is -0.117. The lowest BCUT2D eigenvalue weighted by atomic mass is 10.1. The topological polar surface area (TPSA) is 80.2 Å². The number of pyridine rings is 2. The molecule has 0 saturated carbocycles. The van der Waals surface area contributed by atoms with Crippen LogP contribution < -0.4 is 10.1 Å². The highest BCUT2D eigenvalue weighted by Crippen LogP contribution is 2.31. The molecule has 0 amide bonds. The fourth-order valence-electron chi connectivity index (χ4n) is 2.84.